The summed E-state index contributed by atoms with van der Waals surface area (Å²) < 4.78 is 19.5. The number of aryl methyl sites for hydroxylation is 2. The predicted octanol–water partition coefficient (Wildman–Crippen LogP) is 5.63. The molecule has 0 radical (unpaired) electrons. The number of benzene rings is 3. The normalized spacial score (nSPS) is 11.6. The number of nitrogens with one attached hydrogen (secondary N) is 1. The second-order valence-electron chi connectivity index (χ2n) is 6.60. The first kappa shape index (κ1) is 20.6. The molecule has 0 aromatic heterocycles. The first-order valence-electron chi connectivity index (χ1n) is 8.95. The van der Waals surface area contributed by atoms with Crippen molar-refractivity contribution >= 4 is 29.2 Å². The number of carbonyl (C=O) groups excluding carboxylic acids is 2. The second-order valence-corrected chi connectivity index (χ2v) is 7.01. The number of carbonyl (C=O) groups is 2. The molecule has 0 saturated carbocycles. The first-order chi connectivity index (χ1) is 13.9. The zero-order chi connectivity index (χ0) is 21.0. The number of hydrogen-bond donors (Lipinski definition) is 1. The molecule has 1 atom stereocenters. The Labute approximate surface area is 173 Å². The number of amides is 1. The van der Waals surface area contributed by atoms with Gasteiger partial charge in [-0.1, -0.05) is 60.1 Å². The lowest BCUT2D eigenvalue weighted by molar-refractivity contribution is -0.125. The van der Waals surface area contributed by atoms with Crippen molar-refractivity contribution in [2.45, 2.75) is 20.0 Å². The Balaban J connectivity index is 1.92. The van der Waals surface area contributed by atoms with Crippen molar-refractivity contribution in [3.8, 4) is 0 Å². The number of ether oxygens (including phenoxy) is 1. The molecule has 0 aliphatic heterocycles. The van der Waals surface area contributed by atoms with Crippen LogP contribution in [-0.4, -0.2) is 11.9 Å². The molecule has 0 aliphatic rings. The van der Waals surface area contributed by atoms with Crippen molar-refractivity contribution in [3.05, 3.63) is 99.8 Å². The SMILES string of the molecule is Cc1ccc(C)c(NC(=O)C(OC(=O)c2c(F)cccc2Cl)c2ccccc2)c1. The number of esters is 1. The molecule has 0 fully saturated rings. The molecule has 3 aromatic carbocycles. The van der Waals surface area contributed by atoms with Gasteiger partial charge in [0.25, 0.3) is 5.91 Å². The Hall–Kier alpha value is -3.18. The third-order valence-electron chi connectivity index (χ3n) is 4.38. The maximum absolute atomic E-state index is 14.1. The summed E-state index contributed by atoms with van der Waals surface area (Å²) in [6.45, 7) is 3.77. The van der Waals surface area contributed by atoms with E-state index in [1.807, 2.05) is 32.0 Å². The lowest BCUT2D eigenvalue weighted by Crippen LogP contribution is -2.26. The monoisotopic (exact) mass is 411 g/mol. The van der Waals surface area contributed by atoms with E-state index in [4.69, 9.17) is 16.3 Å². The van der Waals surface area contributed by atoms with Gasteiger partial charge in [-0.25, -0.2) is 9.18 Å². The minimum absolute atomic E-state index is 0.0863. The number of hydrogen-bond acceptors (Lipinski definition) is 3. The summed E-state index contributed by atoms with van der Waals surface area (Å²) in [7, 11) is 0. The van der Waals surface area contributed by atoms with Crippen molar-refractivity contribution in [1.29, 1.82) is 0 Å². The van der Waals surface area contributed by atoms with E-state index in [2.05, 4.69) is 5.32 Å². The lowest BCUT2D eigenvalue weighted by Gasteiger charge is -2.19. The standard InChI is InChI=1S/C23H19ClFNO3/c1-14-11-12-15(2)19(13-14)26-22(27)21(16-7-4-3-5-8-16)29-23(28)20-17(24)9-6-10-18(20)25/h3-13,21H,1-2H3,(H,26,27). The Kier molecular flexibility index (Phi) is 6.29. The smallest absolute Gasteiger partial charge is 0.343 e. The van der Waals surface area contributed by atoms with Crippen LogP contribution in [0.5, 0.6) is 0 Å². The molecule has 148 valence electrons. The Morgan fingerprint density at radius 1 is 1.00 bits per heavy atom. The summed E-state index contributed by atoms with van der Waals surface area (Å²) in [6, 6.07) is 18.0. The molecule has 0 heterocycles. The molecule has 0 aliphatic carbocycles. The number of rotatable bonds is 5. The maximum Gasteiger partial charge on any atom is 0.343 e. The summed E-state index contributed by atoms with van der Waals surface area (Å²) in [5.41, 5.74) is 2.48. The molecule has 6 heteroatoms. The van der Waals surface area contributed by atoms with Crippen molar-refractivity contribution < 1.29 is 18.7 Å². The molecule has 3 rings (SSSR count). The lowest BCUT2D eigenvalue weighted by atomic mass is 10.1. The fourth-order valence-corrected chi connectivity index (χ4v) is 3.07. The van der Waals surface area contributed by atoms with Gasteiger partial charge in [-0.3, -0.25) is 4.79 Å². The molecule has 0 spiro atoms. The fourth-order valence-electron chi connectivity index (χ4n) is 2.83. The van der Waals surface area contributed by atoms with Crippen LogP contribution in [0.1, 0.15) is 33.2 Å². The molecular formula is C23H19ClFNO3. The van der Waals surface area contributed by atoms with Crippen molar-refractivity contribution in [3.63, 3.8) is 0 Å². The van der Waals surface area contributed by atoms with Crippen LogP contribution in [0.25, 0.3) is 0 Å². The van der Waals surface area contributed by atoms with E-state index in [1.54, 1.807) is 30.3 Å². The zero-order valence-corrected chi connectivity index (χ0v) is 16.7. The highest BCUT2D eigenvalue weighted by atomic mass is 35.5. The van der Waals surface area contributed by atoms with Crippen LogP contribution in [0.3, 0.4) is 0 Å². The largest absolute Gasteiger partial charge is 0.444 e. The van der Waals surface area contributed by atoms with Gasteiger partial charge < -0.3 is 10.1 Å². The van der Waals surface area contributed by atoms with Gasteiger partial charge in [-0.05, 0) is 43.2 Å². The Morgan fingerprint density at radius 2 is 1.72 bits per heavy atom. The number of halogens is 2. The van der Waals surface area contributed by atoms with Gasteiger partial charge in [-0.2, -0.15) is 0 Å². The highest BCUT2D eigenvalue weighted by Gasteiger charge is 2.28. The molecule has 1 N–H and O–H groups in total. The van der Waals surface area contributed by atoms with Crippen LogP contribution in [-0.2, 0) is 9.53 Å². The van der Waals surface area contributed by atoms with Crippen molar-refractivity contribution in [2.24, 2.45) is 0 Å². The molecule has 0 bridgehead atoms. The second kappa shape index (κ2) is 8.88. The topological polar surface area (TPSA) is 55.4 Å². The van der Waals surface area contributed by atoms with Crippen LogP contribution in [0.2, 0.25) is 5.02 Å². The molecular weight excluding hydrogens is 393 g/mol. The van der Waals surface area contributed by atoms with E-state index in [0.29, 0.717) is 11.3 Å². The minimum atomic E-state index is -1.28. The van der Waals surface area contributed by atoms with E-state index in [9.17, 15) is 14.0 Å². The van der Waals surface area contributed by atoms with Crippen molar-refractivity contribution in [1.82, 2.24) is 0 Å². The van der Waals surface area contributed by atoms with Gasteiger partial charge in [0.2, 0.25) is 6.10 Å². The summed E-state index contributed by atoms with van der Waals surface area (Å²) >= 11 is 5.96. The van der Waals surface area contributed by atoms with Gasteiger partial charge in [0.1, 0.15) is 11.4 Å². The first-order valence-corrected chi connectivity index (χ1v) is 9.32. The average molecular weight is 412 g/mol. The molecule has 1 amide bonds. The molecule has 1 unspecified atom stereocenters. The van der Waals surface area contributed by atoms with E-state index in [-0.39, 0.29) is 5.02 Å². The maximum atomic E-state index is 14.1. The summed E-state index contributed by atoms with van der Waals surface area (Å²) in [5.74, 6) is -2.38. The van der Waals surface area contributed by atoms with Gasteiger partial charge in [0.05, 0.1) is 5.02 Å². The summed E-state index contributed by atoms with van der Waals surface area (Å²) in [4.78, 5) is 25.6. The van der Waals surface area contributed by atoms with E-state index >= 15 is 0 Å². The highest BCUT2D eigenvalue weighted by Crippen LogP contribution is 2.26. The van der Waals surface area contributed by atoms with Gasteiger partial charge in [0.15, 0.2) is 0 Å². The molecule has 3 aromatic rings. The summed E-state index contributed by atoms with van der Waals surface area (Å²) in [6.07, 6.45) is -1.28. The fraction of sp³-hybridized carbons (Fsp3) is 0.130. The van der Waals surface area contributed by atoms with Gasteiger partial charge in [-0.15, -0.1) is 0 Å². The van der Waals surface area contributed by atoms with Crippen LogP contribution >= 0.6 is 11.6 Å². The Morgan fingerprint density at radius 3 is 2.41 bits per heavy atom. The number of anilines is 1. The van der Waals surface area contributed by atoms with Crippen molar-refractivity contribution in [2.75, 3.05) is 5.32 Å². The van der Waals surface area contributed by atoms with Crippen LogP contribution < -0.4 is 5.32 Å². The van der Waals surface area contributed by atoms with Gasteiger partial charge >= 0.3 is 5.97 Å². The van der Waals surface area contributed by atoms with Crippen LogP contribution in [0.4, 0.5) is 10.1 Å². The predicted molar refractivity (Wildman–Crippen MR) is 111 cm³/mol. The van der Waals surface area contributed by atoms with Crippen LogP contribution in [0.15, 0.2) is 66.7 Å². The molecule has 0 saturated heterocycles. The Bertz CT molecular complexity index is 1030. The van der Waals surface area contributed by atoms with E-state index in [0.717, 1.165) is 17.2 Å². The molecule has 4 nitrogen and oxygen atoms in total. The quantitative estimate of drug-likeness (QED) is 0.553. The van der Waals surface area contributed by atoms with Crippen LogP contribution in [0, 0.1) is 19.7 Å². The van der Waals surface area contributed by atoms with Gasteiger partial charge in [0, 0.05) is 11.3 Å². The van der Waals surface area contributed by atoms with E-state index < -0.39 is 29.4 Å². The highest BCUT2D eigenvalue weighted by molar-refractivity contribution is 6.33. The minimum Gasteiger partial charge on any atom is -0.444 e. The average Bonchev–Trinajstić information content (AvgIpc) is 2.69. The third-order valence-corrected chi connectivity index (χ3v) is 4.70. The summed E-state index contributed by atoms with van der Waals surface area (Å²) in [5, 5.41) is 2.71. The third kappa shape index (κ3) is 4.81. The zero-order valence-electron chi connectivity index (χ0n) is 15.9. The van der Waals surface area contributed by atoms with E-state index in [1.165, 1.54) is 12.1 Å². The molecule has 29 heavy (non-hydrogen) atoms.